The molecular formula is C13H21N3O8. The first kappa shape index (κ1) is 21.3. The van der Waals surface area contributed by atoms with Gasteiger partial charge in [-0.05, 0) is 33.0 Å². The Morgan fingerprint density at radius 2 is 1.75 bits per heavy atom. The fourth-order valence-electron chi connectivity index (χ4n) is 1.85. The molecule has 1 fully saturated rings. The van der Waals surface area contributed by atoms with E-state index in [1.54, 1.807) is 0 Å². The van der Waals surface area contributed by atoms with Gasteiger partial charge in [0.2, 0.25) is 5.91 Å². The average Bonchev–Trinajstić information content (AvgIpc) is 2.50. The topological polar surface area (TPSA) is 159 Å². The molecule has 0 radical (unpaired) electrons. The third-order valence-corrected chi connectivity index (χ3v) is 3.06. The minimum atomic E-state index is -1.26. The van der Waals surface area contributed by atoms with E-state index in [-0.39, 0.29) is 25.0 Å². The van der Waals surface area contributed by atoms with Crippen LogP contribution in [0.5, 0.6) is 0 Å². The smallest absolute Gasteiger partial charge is 0.328 e. The molecule has 0 bridgehead atoms. The minimum absolute atomic E-state index is 0.0277. The van der Waals surface area contributed by atoms with E-state index in [0.717, 1.165) is 25.9 Å². The molecule has 11 heteroatoms. The van der Waals surface area contributed by atoms with Gasteiger partial charge in [0.15, 0.2) is 0 Å². The van der Waals surface area contributed by atoms with Crippen molar-refractivity contribution in [3.63, 3.8) is 0 Å². The van der Waals surface area contributed by atoms with Crippen molar-refractivity contribution in [3.05, 3.63) is 22.3 Å². The summed E-state index contributed by atoms with van der Waals surface area (Å²) in [5.41, 5.74) is 0. The standard InChI is InChI=1S/C9H17N3O4.C4H4O4/c1-11-5-2-8(3-6-11)9(13)10-4-7-16-12(14)15;5-3(6)1-2-4(7)8/h8H,2-7H2,1H3,(H,10,13);1-2H,(H,5,6)(H,7,8). The average molecular weight is 347 g/mol. The van der Waals surface area contributed by atoms with Crippen molar-refractivity contribution in [1.29, 1.82) is 0 Å². The number of piperidine rings is 1. The maximum absolute atomic E-state index is 11.6. The van der Waals surface area contributed by atoms with Gasteiger partial charge in [-0.15, -0.1) is 10.1 Å². The highest BCUT2D eigenvalue weighted by Crippen LogP contribution is 2.15. The number of carbonyl (C=O) groups is 3. The molecule has 1 rings (SSSR count). The zero-order valence-corrected chi connectivity index (χ0v) is 13.2. The SMILES string of the molecule is CN1CCC(C(=O)NCCO[N+](=O)[O-])CC1.O=C(O)C=CC(=O)O. The highest BCUT2D eigenvalue weighted by molar-refractivity contribution is 5.89. The molecule has 1 aliphatic rings. The molecule has 0 aromatic heterocycles. The normalized spacial score (nSPS) is 15.2. The van der Waals surface area contributed by atoms with Crippen LogP contribution < -0.4 is 5.32 Å². The number of rotatable bonds is 7. The van der Waals surface area contributed by atoms with Crippen molar-refractivity contribution in [2.45, 2.75) is 12.8 Å². The van der Waals surface area contributed by atoms with E-state index < -0.39 is 17.0 Å². The van der Waals surface area contributed by atoms with E-state index in [0.29, 0.717) is 12.2 Å². The van der Waals surface area contributed by atoms with E-state index in [9.17, 15) is 24.5 Å². The van der Waals surface area contributed by atoms with Gasteiger partial charge in [0.25, 0.3) is 5.09 Å². The highest BCUT2D eigenvalue weighted by atomic mass is 16.9. The molecule has 1 aliphatic heterocycles. The summed E-state index contributed by atoms with van der Waals surface area (Å²) in [5, 5.41) is 27.2. The summed E-state index contributed by atoms with van der Waals surface area (Å²) in [4.78, 5) is 46.8. The molecule has 3 N–H and O–H groups in total. The third kappa shape index (κ3) is 11.9. The van der Waals surface area contributed by atoms with Gasteiger partial charge in [-0.1, -0.05) is 0 Å². The number of hydrogen-bond acceptors (Lipinski definition) is 7. The van der Waals surface area contributed by atoms with Crippen LogP contribution in [-0.4, -0.2) is 71.3 Å². The summed E-state index contributed by atoms with van der Waals surface area (Å²) in [5.74, 6) is -2.51. The highest BCUT2D eigenvalue weighted by Gasteiger charge is 2.22. The largest absolute Gasteiger partial charge is 0.478 e. The summed E-state index contributed by atoms with van der Waals surface area (Å²) in [6, 6.07) is 0. The zero-order valence-electron chi connectivity index (χ0n) is 13.2. The number of nitrogens with one attached hydrogen (secondary N) is 1. The number of likely N-dealkylation sites (tertiary alicyclic amines) is 1. The van der Waals surface area contributed by atoms with Crippen LogP contribution in [0.25, 0.3) is 0 Å². The molecule has 0 aromatic carbocycles. The quantitative estimate of drug-likeness (QED) is 0.236. The fourth-order valence-corrected chi connectivity index (χ4v) is 1.85. The van der Waals surface area contributed by atoms with Crippen LogP contribution in [0.2, 0.25) is 0 Å². The number of carbonyl (C=O) groups excluding carboxylic acids is 1. The van der Waals surface area contributed by atoms with Crippen molar-refractivity contribution < 1.29 is 34.5 Å². The number of hydrogen-bond donors (Lipinski definition) is 3. The van der Waals surface area contributed by atoms with E-state index in [1.807, 2.05) is 7.05 Å². The molecule has 136 valence electrons. The van der Waals surface area contributed by atoms with Gasteiger partial charge >= 0.3 is 11.9 Å². The molecule has 1 saturated heterocycles. The first-order chi connectivity index (χ1) is 11.2. The van der Waals surface area contributed by atoms with Gasteiger partial charge in [0.05, 0.1) is 0 Å². The number of carboxylic acids is 2. The molecule has 0 aromatic rings. The lowest BCUT2D eigenvalue weighted by molar-refractivity contribution is -0.757. The lowest BCUT2D eigenvalue weighted by Crippen LogP contribution is -2.40. The molecule has 0 spiro atoms. The lowest BCUT2D eigenvalue weighted by atomic mass is 9.96. The van der Waals surface area contributed by atoms with Gasteiger partial charge < -0.3 is 25.3 Å². The predicted molar refractivity (Wildman–Crippen MR) is 80.6 cm³/mol. The Morgan fingerprint density at radius 1 is 1.25 bits per heavy atom. The van der Waals surface area contributed by atoms with Crippen molar-refractivity contribution in [2.24, 2.45) is 5.92 Å². The van der Waals surface area contributed by atoms with E-state index in [2.05, 4.69) is 15.1 Å². The Morgan fingerprint density at radius 3 is 2.17 bits per heavy atom. The van der Waals surface area contributed by atoms with Crippen LogP contribution in [0, 0.1) is 16.0 Å². The number of amides is 1. The summed E-state index contributed by atoms with van der Waals surface area (Å²) >= 11 is 0. The monoisotopic (exact) mass is 347 g/mol. The minimum Gasteiger partial charge on any atom is -0.478 e. The molecule has 11 nitrogen and oxygen atoms in total. The second-order valence-electron chi connectivity index (χ2n) is 4.94. The summed E-state index contributed by atoms with van der Waals surface area (Å²) < 4.78 is 0. The summed E-state index contributed by atoms with van der Waals surface area (Å²) in [6.45, 7) is 1.94. The van der Waals surface area contributed by atoms with Gasteiger partial charge in [-0.2, -0.15) is 0 Å². The third-order valence-electron chi connectivity index (χ3n) is 3.06. The number of carboxylic acid groups (broad SMARTS) is 2. The van der Waals surface area contributed by atoms with Crippen molar-refractivity contribution in [1.82, 2.24) is 10.2 Å². The second kappa shape index (κ2) is 11.8. The summed E-state index contributed by atoms with van der Waals surface area (Å²) in [6.07, 6.45) is 2.81. The van der Waals surface area contributed by atoms with Crippen LogP contribution in [-0.2, 0) is 19.2 Å². The Labute approximate surface area is 138 Å². The lowest BCUT2D eigenvalue weighted by Gasteiger charge is -2.27. The van der Waals surface area contributed by atoms with Gasteiger partial charge in [-0.25, -0.2) is 9.59 Å². The maximum atomic E-state index is 11.6. The van der Waals surface area contributed by atoms with E-state index in [1.165, 1.54) is 0 Å². The van der Waals surface area contributed by atoms with Crippen molar-refractivity contribution in [3.8, 4) is 0 Å². The van der Waals surface area contributed by atoms with Crippen LogP contribution in [0.1, 0.15) is 12.8 Å². The van der Waals surface area contributed by atoms with Crippen LogP contribution >= 0.6 is 0 Å². The number of aliphatic carboxylic acids is 2. The summed E-state index contributed by atoms with van der Waals surface area (Å²) in [7, 11) is 2.03. The van der Waals surface area contributed by atoms with Crippen molar-refractivity contribution >= 4 is 17.8 Å². The molecule has 0 unspecified atom stereocenters. The van der Waals surface area contributed by atoms with Crippen LogP contribution in [0.15, 0.2) is 12.2 Å². The molecule has 0 atom stereocenters. The van der Waals surface area contributed by atoms with E-state index >= 15 is 0 Å². The van der Waals surface area contributed by atoms with E-state index in [4.69, 9.17) is 10.2 Å². The Balaban J connectivity index is 0.000000561. The zero-order chi connectivity index (χ0) is 18.5. The molecule has 0 saturated carbocycles. The fraction of sp³-hybridized carbons (Fsp3) is 0.615. The maximum Gasteiger partial charge on any atom is 0.328 e. The van der Waals surface area contributed by atoms with Crippen molar-refractivity contribution in [2.75, 3.05) is 33.3 Å². The first-order valence-corrected chi connectivity index (χ1v) is 7.10. The molecule has 24 heavy (non-hydrogen) atoms. The first-order valence-electron chi connectivity index (χ1n) is 7.10. The van der Waals surface area contributed by atoms with Crippen LogP contribution in [0.3, 0.4) is 0 Å². The Kier molecular flexibility index (Phi) is 10.5. The number of nitrogens with zero attached hydrogens (tertiary/aromatic N) is 2. The molecular weight excluding hydrogens is 326 g/mol. The Hall–Kier alpha value is -2.69. The van der Waals surface area contributed by atoms with Gasteiger partial charge in [0.1, 0.15) is 6.61 Å². The molecule has 1 heterocycles. The van der Waals surface area contributed by atoms with Gasteiger partial charge in [0, 0.05) is 24.6 Å². The Bertz CT molecular complexity index is 456. The van der Waals surface area contributed by atoms with Crippen LogP contribution in [0.4, 0.5) is 0 Å². The molecule has 0 aliphatic carbocycles. The second-order valence-corrected chi connectivity index (χ2v) is 4.94. The molecule has 1 amide bonds. The van der Waals surface area contributed by atoms with Gasteiger partial charge in [-0.3, -0.25) is 4.79 Å². The predicted octanol–water partition coefficient (Wildman–Crippen LogP) is -0.635.